The van der Waals surface area contributed by atoms with E-state index in [2.05, 4.69) is 35.3 Å². The molecule has 0 spiro atoms. The van der Waals surface area contributed by atoms with E-state index in [0.29, 0.717) is 19.1 Å². The van der Waals surface area contributed by atoms with Gasteiger partial charge in [0, 0.05) is 29.9 Å². The molecular formula is C21H25N7O2. The molecule has 0 amide bonds. The molecule has 0 bridgehead atoms. The summed E-state index contributed by atoms with van der Waals surface area (Å²) in [6.07, 6.45) is 12.8. The van der Waals surface area contributed by atoms with Crippen LogP contribution in [0.25, 0.3) is 28.0 Å². The standard InChI is InChI=1S/C21H25N7O2/c1-3-16(4-2)26-12-15(10-23-26)20-18-5-7-22-27(18)13-17(25-20)14-9-24-28(11-14)21-19(29)6-8-30-21/h5,7,9-13,16,19,21,29H,3-4,6,8H2,1-2H3/t19-,21-/m1/s1. The lowest BCUT2D eigenvalue weighted by atomic mass is 10.1. The summed E-state index contributed by atoms with van der Waals surface area (Å²) in [6.45, 7) is 4.88. The van der Waals surface area contributed by atoms with Crippen LogP contribution in [-0.2, 0) is 4.74 Å². The quantitative estimate of drug-likeness (QED) is 0.528. The molecule has 1 aliphatic rings. The van der Waals surface area contributed by atoms with Gasteiger partial charge in [0.1, 0.15) is 6.10 Å². The SMILES string of the molecule is CCC(CC)n1cc(-c2nc(-c3cnn([C@@H]4OCC[C@H]4O)c3)cn3nccc23)cn1. The molecule has 1 fully saturated rings. The smallest absolute Gasteiger partial charge is 0.175 e. The molecule has 30 heavy (non-hydrogen) atoms. The Morgan fingerprint density at radius 1 is 1.10 bits per heavy atom. The third-order valence-corrected chi connectivity index (χ3v) is 5.77. The topological polar surface area (TPSA) is 95.3 Å². The molecule has 1 aliphatic heterocycles. The molecule has 9 nitrogen and oxygen atoms in total. The highest BCUT2D eigenvalue weighted by molar-refractivity contribution is 5.78. The van der Waals surface area contributed by atoms with E-state index in [4.69, 9.17) is 9.72 Å². The number of ether oxygens (including phenoxy) is 1. The molecule has 2 atom stereocenters. The van der Waals surface area contributed by atoms with Gasteiger partial charge in [-0.25, -0.2) is 14.2 Å². The Balaban J connectivity index is 1.55. The molecule has 156 valence electrons. The molecule has 5 rings (SSSR count). The zero-order valence-corrected chi connectivity index (χ0v) is 17.1. The number of aliphatic hydroxyl groups is 1. The van der Waals surface area contributed by atoms with Crippen molar-refractivity contribution < 1.29 is 9.84 Å². The van der Waals surface area contributed by atoms with E-state index in [1.54, 1.807) is 17.1 Å². The van der Waals surface area contributed by atoms with Gasteiger partial charge in [-0.05, 0) is 18.9 Å². The number of aromatic nitrogens is 7. The second-order valence-corrected chi connectivity index (χ2v) is 7.64. The summed E-state index contributed by atoms with van der Waals surface area (Å²) in [7, 11) is 0. The first kappa shape index (κ1) is 19.0. The Hall–Kier alpha value is -3.04. The van der Waals surface area contributed by atoms with Gasteiger partial charge in [0.2, 0.25) is 0 Å². The first-order valence-corrected chi connectivity index (χ1v) is 10.4. The van der Waals surface area contributed by atoms with Crippen LogP contribution in [0.5, 0.6) is 0 Å². The predicted octanol–water partition coefficient (Wildman–Crippen LogP) is 3.10. The van der Waals surface area contributed by atoms with Crippen molar-refractivity contribution in [2.75, 3.05) is 6.61 Å². The number of hydrogen-bond acceptors (Lipinski definition) is 6. The molecule has 0 saturated carbocycles. The average Bonchev–Trinajstić information content (AvgIpc) is 3.54. The Morgan fingerprint density at radius 2 is 1.93 bits per heavy atom. The highest BCUT2D eigenvalue weighted by atomic mass is 16.5. The van der Waals surface area contributed by atoms with E-state index in [9.17, 15) is 5.11 Å². The van der Waals surface area contributed by atoms with Gasteiger partial charge in [0.05, 0.1) is 54.3 Å². The minimum Gasteiger partial charge on any atom is -0.388 e. The maximum atomic E-state index is 10.1. The molecule has 0 aliphatic carbocycles. The lowest BCUT2D eigenvalue weighted by Crippen LogP contribution is -2.19. The second kappa shape index (κ2) is 7.66. The highest BCUT2D eigenvalue weighted by Gasteiger charge is 2.28. The van der Waals surface area contributed by atoms with Crippen LogP contribution in [0.4, 0.5) is 0 Å². The van der Waals surface area contributed by atoms with Crippen molar-refractivity contribution in [2.45, 2.75) is 51.5 Å². The molecule has 9 heteroatoms. The Bertz CT molecular complexity index is 1160. The molecule has 0 radical (unpaired) electrons. The molecule has 4 aromatic heterocycles. The minimum absolute atomic E-state index is 0.374. The third kappa shape index (κ3) is 3.20. The second-order valence-electron chi connectivity index (χ2n) is 7.64. The van der Waals surface area contributed by atoms with Crippen molar-refractivity contribution >= 4 is 5.52 Å². The fraction of sp³-hybridized carbons (Fsp3) is 0.429. The van der Waals surface area contributed by atoms with Gasteiger partial charge in [-0.3, -0.25) is 4.68 Å². The minimum atomic E-state index is -0.550. The van der Waals surface area contributed by atoms with Crippen LogP contribution in [0.1, 0.15) is 45.4 Å². The summed E-state index contributed by atoms with van der Waals surface area (Å²) < 4.78 is 11.1. The molecule has 1 N–H and O–H groups in total. The summed E-state index contributed by atoms with van der Waals surface area (Å²) in [4.78, 5) is 4.93. The lowest BCUT2D eigenvalue weighted by Gasteiger charge is -2.13. The zero-order chi connectivity index (χ0) is 20.7. The van der Waals surface area contributed by atoms with Crippen molar-refractivity contribution in [3.8, 4) is 22.5 Å². The van der Waals surface area contributed by atoms with Crippen LogP contribution in [-0.4, -0.2) is 52.0 Å². The Kier molecular flexibility index (Phi) is 4.84. The van der Waals surface area contributed by atoms with Crippen LogP contribution in [0.3, 0.4) is 0 Å². The summed E-state index contributed by atoms with van der Waals surface area (Å²) in [5, 5.41) is 23.5. The summed E-state index contributed by atoms with van der Waals surface area (Å²) in [5.41, 5.74) is 4.28. The number of fused-ring (bicyclic) bond motifs is 1. The van der Waals surface area contributed by atoms with Gasteiger partial charge < -0.3 is 9.84 Å². The van der Waals surface area contributed by atoms with Gasteiger partial charge in [-0.2, -0.15) is 15.3 Å². The summed E-state index contributed by atoms with van der Waals surface area (Å²) >= 11 is 0. The molecule has 5 heterocycles. The highest BCUT2D eigenvalue weighted by Crippen LogP contribution is 2.29. The number of nitrogens with zero attached hydrogens (tertiary/aromatic N) is 7. The summed E-state index contributed by atoms with van der Waals surface area (Å²) in [5.74, 6) is 0. The molecule has 1 saturated heterocycles. The maximum absolute atomic E-state index is 10.1. The molecule has 0 unspecified atom stereocenters. The lowest BCUT2D eigenvalue weighted by molar-refractivity contribution is -0.0168. The van der Waals surface area contributed by atoms with Crippen molar-refractivity contribution in [3.63, 3.8) is 0 Å². The van der Waals surface area contributed by atoms with Crippen LogP contribution in [0.2, 0.25) is 0 Å². The van der Waals surface area contributed by atoms with E-state index >= 15 is 0 Å². The van der Waals surface area contributed by atoms with Crippen LogP contribution in [0, 0.1) is 0 Å². The van der Waals surface area contributed by atoms with Gasteiger partial charge in [0.15, 0.2) is 6.23 Å². The van der Waals surface area contributed by atoms with Crippen LogP contribution >= 0.6 is 0 Å². The van der Waals surface area contributed by atoms with Crippen LogP contribution < -0.4 is 0 Å². The predicted molar refractivity (Wildman–Crippen MR) is 111 cm³/mol. The average molecular weight is 407 g/mol. The van der Waals surface area contributed by atoms with Crippen LogP contribution in [0.15, 0.2) is 43.2 Å². The number of rotatable bonds is 6. The normalized spacial score (nSPS) is 19.3. The largest absolute Gasteiger partial charge is 0.388 e. The van der Waals surface area contributed by atoms with Gasteiger partial charge >= 0.3 is 0 Å². The van der Waals surface area contributed by atoms with Crippen molar-refractivity contribution in [2.24, 2.45) is 0 Å². The first-order chi connectivity index (χ1) is 14.7. The molecular weight excluding hydrogens is 382 g/mol. The monoisotopic (exact) mass is 407 g/mol. The first-order valence-electron chi connectivity index (χ1n) is 10.4. The van der Waals surface area contributed by atoms with Gasteiger partial charge in [-0.15, -0.1) is 0 Å². The summed E-state index contributed by atoms with van der Waals surface area (Å²) in [6, 6.07) is 2.33. The Labute approximate surface area is 173 Å². The third-order valence-electron chi connectivity index (χ3n) is 5.77. The van der Waals surface area contributed by atoms with E-state index in [-0.39, 0.29) is 0 Å². The van der Waals surface area contributed by atoms with Crippen molar-refractivity contribution in [1.29, 1.82) is 0 Å². The Morgan fingerprint density at radius 3 is 2.70 bits per heavy atom. The zero-order valence-electron chi connectivity index (χ0n) is 17.1. The van der Waals surface area contributed by atoms with Gasteiger partial charge in [-0.1, -0.05) is 13.8 Å². The maximum Gasteiger partial charge on any atom is 0.175 e. The number of aliphatic hydroxyl groups excluding tert-OH is 1. The van der Waals surface area contributed by atoms with E-state index in [1.807, 2.05) is 33.9 Å². The van der Waals surface area contributed by atoms with E-state index < -0.39 is 12.3 Å². The van der Waals surface area contributed by atoms with Gasteiger partial charge in [0.25, 0.3) is 0 Å². The van der Waals surface area contributed by atoms with Crippen molar-refractivity contribution in [3.05, 3.63) is 43.2 Å². The fourth-order valence-corrected chi connectivity index (χ4v) is 4.03. The molecule has 0 aromatic carbocycles. The van der Waals surface area contributed by atoms with Crippen molar-refractivity contribution in [1.82, 2.24) is 34.2 Å². The number of hydrogen-bond donors (Lipinski definition) is 1. The fourth-order valence-electron chi connectivity index (χ4n) is 4.03. The van der Waals surface area contributed by atoms with E-state index in [0.717, 1.165) is 40.9 Å². The molecule has 4 aromatic rings. The van der Waals surface area contributed by atoms with E-state index in [1.165, 1.54) is 0 Å².